The van der Waals surface area contributed by atoms with Gasteiger partial charge in [0.2, 0.25) is 0 Å². The normalized spacial score (nSPS) is 19.9. The summed E-state index contributed by atoms with van der Waals surface area (Å²) in [5.74, 6) is -0.180. The van der Waals surface area contributed by atoms with Crippen LogP contribution in [-0.2, 0) is 4.79 Å². The number of carboxylic acids is 1. The number of carbonyl (C=O) groups is 1. The van der Waals surface area contributed by atoms with Crippen molar-refractivity contribution in [2.24, 2.45) is 5.92 Å². The van der Waals surface area contributed by atoms with Crippen molar-refractivity contribution in [1.29, 1.82) is 0 Å². The maximum Gasteiger partial charge on any atom is 0.307 e. The summed E-state index contributed by atoms with van der Waals surface area (Å²) in [4.78, 5) is 12.9. The van der Waals surface area contributed by atoms with E-state index in [-0.39, 0.29) is 5.92 Å². The third kappa shape index (κ3) is 3.62. The van der Waals surface area contributed by atoms with Crippen molar-refractivity contribution in [3.63, 3.8) is 0 Å². The van der Waals surface area contributed by atoms with Crippen LogP contribution in [0.4, 0.5) is 0 Å². The van der Waals surface area contributed by atoms with Crippen LogP contribution in [0.3, 0.4) is 0 Å². The van der Waals surface area contributed by atoms with Gasteiger partial charge in [-0.25, -0.2) is 0 Å². The number of benzene rings is 1. The van der Waals surface area contributed by atoms with Gasteiger partial charge in [-0.15, -0.1) is 0 Å². The molecule has 0 bridgehead atoms. The third-order valence-corrected chi connectivity index (χ3v) is 3.33. The SMILES string of the molecule is O=C(O)[C@@H]1CCN(CCOc2cccc(Cl)c2)C1. The lowest BCUT2D eigenvalue weighted by Gasteiger charge is -2.15. The molecule has 0 aliphatic carbocycles. The number of ether oxygens (including phenoxy) is 1. The van der Waals surface area contributed by atoms with Crippen LogP contribution >= 0.6 is 11.6 Å². The molecule has 0 radical (unpaired) electrons. The highest BCUT2D eigenvalue weighted by atomic mass is 35.5. The summed E-state index contributed by atoms with van der Waals surface area (Å²) in [5, 5.41) is 9.54. The Morgan fingerprint density at radius 2 is 2.39 bits per heavy atom. The second kappa shape index (κ2) is 6.07. The molecule has 4 nitrogen and oxygen atoms in total. The van der Waals surface area contributed by atoms with Gasteiger partial charge >= 0.3 is 5.97 Å². The first-order chi connectivity index (χ1) is 8.65. The van der Waals surface area contributed by atoms with Gasteiger partial charge in [0, 0.05) is 18.1 Å². The summed E-state index contributed by atoms with van der Waals surface area (Å²) >= 11 is 5.85. The molecule has 1 aliphatic heterocycles. The number of aliphatic carboxylic acids is 1. The number of halogens is 1. The number of carboxylic acid groups (broad SMARTS) is 1. The fourth-order valence-electron chi connectivity index (χ4n) is 2.09. The van der Waals surface area contributed by atoms with Crippen molar-refractivity contribution in [2.45, 2.75) is 6.42 Å². The molecule has 18 heavy (non-hydrogen) atoms. The zero-order chi connectivity index (χ0) is 13.0. The minimum absolute atomic E-state index is 0.226. The lowest BCUT2D eigenvalue weighted by Crippen LogP contribution is -2.27. The molecule has 0 amide bonds. The summed E-state index contributed by atoms with van der Waals surface area (Å²) in [6.45, 7) is 2.74. The molecule has 1 aromatic rings. The Morgan fingerprint density at radius 3 is 3.06 bits per heavy atom. The average Bonchev–Trinajstić information content (AvgIpc) is 2.78. The van der Waals surface area contributed by atoms with Gasteiger partial charge in [-0.3, -0.25) is 9.69 Å². The quantitative estimate of drug-likeness (QED) is 0.890. The molecule has 1 saturated heterocycles. The lowest BCUT2D eigenvalue weighted by atomic mass is 10.1. The zero-order valence-corrected chi connectivity index (χ0v) is 10.8. The Kier molecular flexibility index (Phi) is 4.44. The van der Waals surface area contributed by atoms with Crippen molar-refractivity contribution in [3.8, 4) is 5.75 Å². The highest BCUT2D eigenvalue weighted by Gasteiger charge is 2.27. The van der Waals surface area contributed by atoms with Gasteiger partial charge in [-0.05, 0) is 31.2 Å². The number of nitrogens with zero attached hydrogens (tertiary/aromatic N) is 1. The van der Waals surface area contributed by atoms with Crippen LogP contribution in [0, 0.1) is 5.92 Å². The standard InChI is InChI=1S/C13H16ClNO3/c14-11-2-1-3-12(8-11)18-7-6-15-5-4-10(9-15)13(16)17/h1-3,8,10H,4-7,9H2,(H,16,17)/t10-/m1/s1. The van der Waals surface area contributed by atoms with E-state index in [0.717, 1.165) is 25.3 Å². The van der Waals surface area contributed by atoms with E-state index in [1.54, 1.807) is 12.1 Å². The number of hydrogen-bond acceptors (Lipinski definition) is 3. The van der Waals surface area contributed by atoms with Gasteiger partial charge in [0.15, 0.2) is 0 Å². The Labute approximate surface area is 111 Å². The van der Waals surface area contributed by atoms with Gasteiger partial charge in [0.05, 0.1) is 5.92 Å². The fraction of sp³-hybridized carbons (Fsp3) is 0.462. The third-order valence-electron chi connectivity index (χ3n) is 3.09. The minimum Gasteiger partial charge on any atom is -0.492 e. The first-order valence-electron chi connectivity index (χ1n) is 5.98. The maximum absolute atomic E-state index is 10.8. The monoisotopic (exact) mass is 269 g/mol. The number of likely N-dealkylation sites (tertiary alicyclic amines) is 1. The molecule has 2 rings (SSSR count). The predicted molar refractivity (Wildman–Crippen MR) is 69.1 cm³/mol. The second-order valence-electron chi connectivity index (χ2n) is 4.43. The smallest absolute Gasteiger partial charge is 0.307 e. The topological polar surface area (TPSA) is 49.8 Å². The van der Waals surface area contributed by atoms with Gasteiger partial charge in [-0.2, -0.15) is 0 Å². The molecule has 1 aliphatic rings. The maximum atomic E-state index is 10.8. The van der Waals surface area contributed by atoms with Crippen LogP contribution in [0.1, 0.15) is 6.42 Å². The summed E-state index contributed by atoms with van der Waals surface area (Å²) in [7, 11) is 0. The van der Waals surface area contributed by atoms with Crippen molar-refractivity contribution >= 4 is 17.6 Å². The molecular weight excluding hydrogens is 254 g/mol. The van der Waals surface area contributed by atoms with Crippen LogP contribution in [0.5, 0.6) is 5.75 Å². The largest absolute Gasteiger partial charge is 0.492 e. The second-order valence-corrected chi connectivity index (χ2v) is 4.87. The van der Waals surface area contributed by atoms with E-state index in [1.165, 1.54) is 0 Å². The molecule has 1 fully saturated rings. The van der Waals surface area contributed by atoms with E-state index < -0.39 is 5.97 Å². The molecule has 0 spiro atoms. The van der Waals surface area contributed by atoms with Crippen molar-refractivity contribution in [2.75, 3.05) is 26.2 Å². The van der Waals surface area contributed by atoms with E-state index >= 15 is 0 Å². The van der Waals surface area contributed by atoms with E-state index in [2.05, 4.69) is 4.90 Å². The van der Waals surface area contributed by atoms with E-state index in [4.69, 9.17) is 21.4 Å². The van der Waals surface area contributed by atoms with Crippen molar-refractivity contribution in [3.05, 3.63) is 29.3 Å². The van der Waals surface area contributed by atoms with Crippen molar-refractivity contribution in [1.82, 2.24) is 4.90 Å². The Bertz CT molecular complexity index is 424. The van der Waals surface area contributed by atoms with E-state index in [0.29, 0.717) is 18.2 Å². The molecule has 1 atom stereocenters. The van der Waals surface area contributed by atoms with E-state index in [9.17, 15) is 4.79 Å². The average molecular weight is 270 g/mol. The number of hydrogen-bond donors (Lipinski definition) is 1. The van der Waals surface area contributed by atoms with Crippen LogP contribution < -0.4 is 4.74 Å². The van der Waals surface area contributed by atoms with Gasteiger partial charge in [0.25, 0.3) is 0 Å². The minimum atomic E-state index is -0.701. The Hall–Kier alpha value is -1.26. The first-order valence-corrected chi connectivity index (χ1v) is 6.36. The predicted octanol–water partition coefficient (Wildman–Crippen LogP) is 2.13. The van der Waals surface area contributed by atoms with Gasteiger partial charge in [-0.1, -0.05) is 17.7 Å². The summed E-state index contributed by atoms with van der Waals surface area (Å²) < 4.78 is 5.57. The van der Waals surface area contributed by atoms with Crippen LogP contribution in [-0.4, -0.2) is 42.2 Å². The molecule has 1 N–H and O–H groups in total. The molecular formula is C13H16ClNO3. The van der Waals surface area contributed by atoms with Gasteiger partial charge < -0.3 is 9.84 Å². The Morgan fingerprint density at radius 1 is 1.56 bits per heavy atom. The molecule has 1 heterocycles. The summed E-state index contributed by atoms with van der Waals surface area (Å²) in [6, 6.07) is 7.27. The molecule has 0 aromatic heterocycles. The molecule has 1 aromatic carbocycles. The Balaban J connectivity index is 1.72. The highest BCUT2D eigenvalue weighted by Crippen LogP contribution is 2.18. The van der Waals surface area contributed by atoms with Gasteiger partial charge in [0.1, 0.15) is 12.4 Å². The van der Waals surface area contributed by atoms with Crippen LogP contribution in [0.2, 0.25) is 5.02 Å². The first kappa shape index (κ1) is 13.2. The zero-order valence-electron chi connectivity index (χ0n) is 10.0. The molecule has 98 valence electrons. The van der Waals surface area contributed by atoms with Crippen LogP contribution in [0.25, 0.3) is 0 Å². The molecule has 0 saturated carbocycles. The fourth-order valence-corrected chi connectivity index (χ4v) is 2.27. The van der Waals surface area contributed by atoms with Crippen molar-refractivity contribution < 1.29 is 14.6 Å². The highest BCUT2D eigenvalue weighted by molar-refractivity contribution is 6.30. The summed E-state index contributed by atoms with van der Waals surface area (Å²) in [6.07, 6.45) is 0.729. The number of rotatable bonds is 5. The molecule has 0 unspecified atom stereocenters. The van der Waals surface area contributed by atoms with Crippen LogP contribution in [0.15, 0.2) is 24.3 Å². The van der Waals surface area contributed by atoms with E-state index in [1.807, 2.05) is 12.1 Å². The summed E-state index contributed by atoms with van der Waals surface area (Å²) in [5.41, 5.74) is 0. The lowest BCUT2D eigenvalue weighted by molar-refractivity contribution is -0.141. The molecule has 5 heteroatoms.